The number of esters is 1. The Labute approximate surface area is 168 Å². The Morgan fingerprint density at radius 2 is 2.11 bits per heavy atom. The highest BCUT2D eigenvalue weighted by molar-refractivity contribution is 6.30. The number of piperidine rings is 1. The van der Waals surface area contributed by atoms with E-state index in [1.807, 2.05) is 0 Å². The van der Waals surface area contributed by atoms with Crippen molar-refractivity contribution >= 4 is 29.4 Å². The molecule has 1 fully saturated rings. The lowest BCUT2D eigenvalue weighted by Crippen LogP contribution is -2.47. The Bertz CT molecular complexity index is 730. The van der Waals surface area contributed by atoms with Crippen LogP contribution in [0.1, 0.15) is 19.8 Å². The van der Waals surface area contributed by atoms with Crippen molar-refractivity contribution < 1.29 is 28.2 Å². The minimum Gasteiger partial charge on any atom is -0.484 e. The second kappa shape index (κ2) is 10.3. The fourth-order valence-electron chi connectivity index (χ4n) is 2.87. The van der Waals surface area contributed by atoms with Crippen LogP contribution in [0, 0.1) is 11.7 Å². The van der Waals surface area contributed by atoms with Crippen LogP contribution >= 0.6 is 11.6 Å². The molecule has 1 atom stereocenters. The number of amides is 2. The maximum absolute atomic E-state index is 13.1. The van der Waals surface area contributed by atoms with Crippen molar-refractivity contribution in [3.8, 4) is 5.75 Å². The van der Waals surface area contributed by atoms with E-state index < -0.39 is 11.7 Å². The van der Waals surface area contributed by atoms with Crippen LogP contribution in [0.25, 0.3) is 0 Å². The molecule has 0 N–H and O–H groups in total. The molecule has 1 unspecified atom stereocenters. The van der Waals surface area contributed by atoms with Crippen molar-refractivity contribution in [3.05, 3.63) is 29.0 Å². The molecule has 1 aliphatic rings. The van der Waals surface area contributed by atoms with Crippen molar-refractivity contribution in [3.63, 3.8) is 0 Å². The second-order valence-corrected chi connectivity index (χ2v) is 6.95. The first-order chi connectivity index (χ1) is 13.3. The summed E-state index contributed by atoms with van der Waals surface area (Å²) in [6.45, 7) is 2.46. The van der Waals surface area contributed by atoms with Crippen LogP contribution in [0.3, 0.4) is 0 Å². The van der Waals surface area contributed by atoms with Crippen molar-refractivity contribution in [2.45, 2.75) is 19.8 Å². The summed E-state index contributed by atoms with van der Waals surface area (Å²) in [6, 6.07) is 3.78. The molecule has 2 rings (SSSR count). The minimum atomic E-state index is -0.578. The summed E-state index contributed by atoms with van der Waals surface area (Å²) in [4.78, 5) is 39.4. The number of ether oxygens (including phenoxy) is 2. The maximum atomic E-state index is 13.1. The summed E-state index contributed by atoms with van der Waals surface area (Å²) >= 11 is 5.67. The molecule has 2 amide bonds. The van der Waals surface area contributed by atoms with Crippen LogP contribution in [0.4, 0.5) is 4.39 Å². The maximum Gasteiger partial charge on any atom is 0.310 e. The topological polar surface area (TPSA) is 76.2 Å². The molecule has 0 aromatic heterocycles. The van der Waals surface area contributed by atoms with Crippen LogP contribution in [-0.4, -0.2) is 67.5 Å². The molecule has 0 bridgehead atoms. The molecule has 0 spiro atoms. The highest BCUT2D eigenvalue weighted by Gasteiger charge is 2.30. The third-order valence-electron chi connectivity index (χ3n) is 4.45. The minimum absolute atomic E-state index is 0.102. The SMILES string of the molecule is CCOC(=O)C1CCCN(C(=O)CN(C)C(=O)COc2ccc(F)c(Cl)c2)C1. The van der Waals surface area contributed by atoms with Gasteiger partial charge < -0.3 is 19.3 Å². The molecular weight excluding hydrogens is 391 g/mol. The van der Waals surface area contributed by atoms with E-state index in [2.05, 4.69) is 0 Å². The van der Waals surface area contributed by atoms with Crippen molar-refractivity contribution in [2.75, 3.05) is 39.9 Å². The highest BCUT2D eigenvalue weighted by atomic mass is 35.5. The first-order valence-corrected chi connectivity index (χ1v) is 9.45. The number of rotatable bonds is 7. The van der Waals surface area contributed by atoms with Gasteiger partial charge in [0, 0.05) is 26.2 Å². The van der Waals surface area contributed by atoms with E-state index in [9.17, 15) is 18.8 Å². The number of likely N-dealkylation sites (N-methyl/N-ethyl adjacent to an activating group) is 1. The average Bonchev–Trinajstić information content (AvgIpc) is 2.68. The lowest BCUT2D eigenvalue weighted by atomic mass is 9.98. The third kappa shape index (κ3) is 6.09. The van der Waals surface area contributed by atoms with Gasteiger partial charge in [0.25, 0.3) is 5.91 Å². The summed E-state index contributed by atoms with van der Waals surface area (Å²) in [5.41, 5.74) is 0. The molecule has 1 heterocycles. The van der Waals surface area contributed by atoms with Gasteiger partial charge in [0.15, 0.2) is 6.61 Å². The Balaban J connectivity index is 1.82. The number of nitrogens with zero attached hydrogens (tertiary/aromatic N) is 2. The fourth-order valence-corrected chi connectivity index (χ4v) is 3.04. The van der Waals surface area contributed by atoms with Gasteiger partial charge in [-0.3, -0.25) is 14.4 Å². The molecule has 9 heteroatoms. The highest BCUT2D eigenvalue weighted by Crippen LogP contribution is 2.21. The van der Waals surface area contributed by atoms with E-state index in [-0.39, 0.29) is 41.7 Å². The predicted octanol–water partition coefficient (Wildman–Crippen LogP) is 2.12. The van der Waals surface area contributed by atoms with Crippen LogP contribution in [-0.2, 0) is 19.1 Å². The molecule has 1 aromatic carbocycles. The number of likely N-dealkylation sites (tertiary alicyclic amines) is 1. The first-order valence-electron chi connectivity index (χ1n) is 9.08. The Morgan fingerprint density at radius 3 is 2.79 bits per heavy atom. The quantitative estimate of drug-likeness (QED) is 0.639. The smallest absolute Gasteiger partial charge is 0.310 e. The number of carbonyl (C=O) groups is 3. The summed E-state index contributed by atoms with van der Waals surface area (Å²) in [6.07, 6.45) is 1.40. The Kier molecular flexibility index (Phi) is 8.04. The van der Waals surface area contributed by atoms with Gasteiger partial charge in [-0.15, -0.1) is 0 Å². The Hall–Kier alpha value is -2.35. The zero-order valence-electron chi connectivity index (χ0n) is 16.0. The molecule has 0 saturated carbocycles. The molecule has 1 aromatic rings. The van der Waals surface area contributed by atoms with Gasteiger partial charge in [0.1, 0.15) is 11.6 Å². The molecule has 1 aliphatic heterocycles. The summed E-state index contributed by atoms with van der Waals surface area (Å²) in [5.74, 6) is -1.60. The fraction of sp³-hybridized carbons (Fsp3) is 0.526. The standard InChI is InChI=1S/C19H24ClFN2O5/c1-3-27-19(26)13-5-4-8-23(10-13)17(24)11-22(2)18(25)12-28-14-6-7-16(21)15(20)9-14/h6-7,9,13H,3-5,8,10-12H2,1-2H3. The third-order valence-corrected chi connectivity index (χ3v) is 4.74. The summed E-state index contributed by atoms with van der Waals surface area (Å²) < 4.78 is 23.5. The van der Waals surface area contributed by atoms with Crippen LogP contribution in [0.2, 0.25) is 5.02 Å². The largest absolute Gasteiger partial charge is 0.484 e. The van der Waals surface area contributed by atoms with E-state index in [0.29, 0.717) is 32.5 Å². The normalized spacial score (nSPS) is 16.4. The van der Waals surface area contributed by atoms with E-state index in [1.54, 1.807) is 11.8 Å². The predicted molar refractivity (Wildman–Crippen MR) is 100 cm³/mol. The van der Waals surface area contributed by atoms with Gasteiger partial charge in [-0.1, -0.05) is 11.6 Å². The van der Waals surface area contributed by atoms with Gasteiger partial charge in [-0.05, 0) is 31.9 Å². The van der Waals surface area contributed by atoms with Gasteiger partial charge in [0.2, 0.25) is 5.91 Å². The van der Waals surface area contributed by atoms with E-state index in [0.717, 1.165) is 6.07 Å². The zero-order chi connectivity index (χ0) is 20.7. The van der Waals surface area contributed by atoms with Gasteiger partial charge in [-0.2, -0.15) is 0 Å². The number of hydrogen-bond acceptors (Lipinski definition) is 5. The lowest BCUT2D eigenvalue weighted by Gasteiger charge is -2.32. The van der Waals surface area contributed by atoms with Crippen molar-refractivity contribution in [1.82, 2.24) is 9.80 Å². The van der Waals surface area contributed by atoms with Gasteiger partial charge in [0.05, 0.1) is 24.1 Å². The van der Waals surface area contributed by atoms with E-state index in [4.69, 9.17) is 21.1 Å². The average molecular weight is 415 g/mol. The Morgan fingerprint density at radius 1 is 1.36 bits per heavy atom. The van der Waals surface area contributed by atoms with Gasteiger partial charge in [-0.25, -0.2) is 4.39 Å². The molecular formula is C19H24ClFN2O5. The van der Waals surface area contributed by atoms with E-state index >= 15 is 0 Å². The monoisotopic (exact) mass is 414 g/mol. The first kappa shape index (κ1) is 21.9. The molecule has 28 heavy (non-hydrogen) atoms. The number of hydrogen-bond donors (Lipinski definition) is 0. The molecule has 7 nitrogen and oxygen atoms in total. The number of carbonyl (C=O) groups excluding carboxylic acids is 3. The zero-order valence-corrected chi connectivity index (χ0v) is 16.7. The molecule has 154 valence electrons. The van der Waals surface area contributed by atoms with Gasteiger partial charge >= 0.3 is 5.97 Å². The van der Waals surface area contributed by atoms with Crippen LogP contribution < -0.4 is 4.74 Å². The molecule has 0 aliphatic carbocycles. The lowest BCUT2D eigenvalue weighted by molar-refractivity contribution is -0.152. The van der Waals surface area contributed by atoms with E-state index in [1.165, 1.54) is 24.1 Å². The summed E-state index contributed by atoms with van der Waals surface area (Å²) in [5, 5.41) is -0.102. The van der Waals surface area contributed by atoms with Crippen molar-refractivity contribution in [1.29, 1.82) is 0 Å². The van der Waals surface area contributed by atoms with Crippen molar-refractivity contribution in [2.24, 2.45) is 5.92 Å². The second-order valence-electron chi connectivity index (χ2n) is 6.55. The van der Waals surface area contributed by atoms with Crippen LogP contribution in [0.5, 0.6) is 5.75 Å². The number of halogens is 2. The molecule has 0 radical (unpaired) electrons. The number of benzene rings is 1. The molecule has 1 saturated heterocycles. The van der Waals surface area contributed by atoms with Crippen LogP contribution in [0.15, 0.2) is 18.2 Å². The summed E-state index contributed by atoms with van der Waals surface area (Å²) in [7, 11) is 1.49.